The molecule has 2 heterocycles. The molecule has 0 amide bonds. The van der Waals surface area contributed by atoms with Crippen LogP contribution in [0, 0.1) is 5.92 Å². The fourth-order valence-electron chi connectivity index (χ4n) is 2.12. The van der Waals surface area contributed by atoms with Gasteiger partial charge in [0.05, 0.1) is 9.21 Å². The van der Waals surface area contributed by atoms with Crippen molar-refractivity contribution in [3.05, 3.63) is 21.3 Å². The summed E-state index contributed by atoms with van der Waals surface area (Å²) in [5.74, 6) is 0.302. The highest BCUT2D eigenvalue weighted by molar-refractivity contribution is 7.18. The van der Waals surface area contributed by atoms with Crippen molar-refractivity contribution in [1.29, 1.82) is 0 Å². The van der Waals surface area contributed by atoms with Crippen LogP contribution in [0.15, 0.2) is 12.1 Å². The largest absolute Gasteiger partial charge is 0.303 e. The van der Waals surface area contributed by atoms with E-state index in [1.165, 1.54) is 24.2 Å². The lowest BCUT2D eigenvalue weighted by Gasteiger charge is -2.18. The average molecular weight is 258 g/mol. The maximum Gasteiger partial charge on any atom is 0.176 e. The second-order valence-corrected chi connectivity index (χ2v) is 6.09. The number of nitrogens with zero attached hydrogens (tertiary/aromatic N) is 1. The lowest BCUT2D eigenvalue weighted by atomic mass is 10.1. The summed E-state index contributed by atoms with van der Waals surface area (Å²) in [6.07, 6.45) is 2.54. The van der Waals surface area contributed by atoms with Gasteiger partial charge in [-0.1, -0.05) is 18.5 Å². The molecule has 1 aliphatic heterocycles. The van der Waals surface area contributed by atoms with Crippen LogP contribution in [0.25, 0.3) is 0 Å². The van der Waals surface area contributed by atoms with Crippen LogP contribution in [-0.2, 0) is 0 Å². The molecule has 0 spiro atoms. The van der Waals surface area contributed by atoms with Crippen molar-refractivity contribution in [2.75, 3.05) is 19.6 Å². The maximum absolute atomic E-state index is 12.1. The number of Topliss-reactive ketones (excluding diaryl/α,β-unsaturated/α-hetero) is 1. The third-order valence-electron chi connectivity index (χ3n) is 2.99. The monoisotopic (exact) mass is 257 g/mol. The van der Waals surface area contributed by atoms with Gasteiger partial charge in [-0.3, -0.25) is 4.79 Å². The number of carbonyl (C=O) groups is 1. The minimum absolute atomic E-state index is 0.0767. The Balaban J connectivity index is 1.93. The van der Waals surface area contributed by atoms with Gasteiger partial charge >= 0.3 is 0 Å². The molecule has 0 aliphatic carbocycles. The summed E-state index contributed by atoms with van der Waals surface area (Å²) < 4.78 is 0.691. The van der Waals surface area contributed by atoms with E-state index in [-0.39, 0.29) is 11.7 Å². The minimum atomic E-state index is 0.0767. The van der Waals surface area contributed by atoms with Crippen molar-refractivity contribution >= 4 is 28.7 Å². The second-order valence-electron chi connectivity index (χ2n) is 4.38. The summed E-state index contributed by atoms with van der Waals surface area (Å²) in [6, 6.07) is 3.62. The smallest absolute Gasteiger partial charge is 0.176 e. The van der Waals surface area contributed by atoms with Gasteiger partial charge in [0.25, 0.3) is 0 Å². The quantitative estimate of drug-likeness (QED) is 0.772. The molecular formula is C12H16ClNOS. The van der Waals surface area contributed by atoms with E-state index in [2.05, 4.69) is 4.90 Å². The van der Waals surface area contributed by atoms with E-state index in [1.54, 1.807) is 6.07 Å². The number of ketones is 1. The number of carbonyl (C=O) groups excluding carboxylic acids is 1. The van der Waals surface area contributed by atoms with Gasteiger partial charge in [-0.25, -0.2) is 0 Å². The van der Waals surface area contributed by atoms with Crippen LogP contribution in [0.3, 0.4) is 0 Å². The summed E-state index contributed by atoms with van der Waals surface area (Å²) >= 11 is 7.21. The predicted octanol–water partition coefficient (Wildman–Crippen LogP) is 3.32. The minimum Gasteiger partial charge on any atom is -0.303 e. The molecule has 1 unspecified atom stereocenters. The average Bonchev–Trinajstić information content (AvgIpc) is 2.88. The summed E-state index contributed by atoms with van der Waals surface area (Å²) in [7, 11) is 0. The first-order valence-corrected chi connectivity index (χ1v) is 6.88. The molecule has 0 aromatic carbocycles. The summed E-state index contributed by atoms with van der Waals surface area (Å²) in [5, 5.41) is 0. The van der Waals surface area contributed by atoms with E-state index in [9.17, 15) is 4.79 Å². The molecule has 2 rings (SSSR count). The maximum atomic E-state index is 12.1. The lowest BCUT2D eigenvalue weighted by Crippen LogP contribution is -2.29. The number of rotatable bonds is 4. The number of likely N-dealkylation sites (tertiary alicyclic amines) is 1. The predicted molar refractivity (Wildman–Crippen MR) is 68.5 cm³/mol. The Bertz CT molecular complexity index is 371. The third-order valence-corrected chi connectivity index (χ3v) is 4.24. The van der Waals surface area contributed by atoms with Crippen LogP contribution in [0.5, 0.6) is 0 Å². The van der Waals surface area contributed by atoms with Crippen molar-refractivity contribution in [3.8, 4) is 0 Å². The van der Waals surface area contributed by atoms with Crippen LogP contribution in [0.4, 0.5) is 0 Å². The van der Waals surface area contributed by atoms with Gasteiger partial charge < -0.3 is 4.90 Å². The molecule has 1 aliphatic rings. The van der Waals surface area contributed by atoms with E-state index < -0.39 is 0 Å². The number of halogens is 1. The Labute approximate surface area is 105 Å². The first kappa shape index (κ1) is 12.1. The molecule has 0 saturated carbocycles. The van der Waals surface area contributed by atoms with Crippen LogP contribution in [0.2, 0.25) is 4.34 Å². The van der Waals surface area contributed by atoms with Crippen LogP contribution in [0.1, 0.15) is 29.4 Å². The molecular weight excluding hydrogens is 242 g/mol. The molecule has 1 atom stereocenters. The Morgan fingerprint density at radius 3 is 2.75 bits per heavy atom. The highest BCUT2D eigenvalue weighted by Gasteiger charge is 2.21. The Morgan fingerprint density at radius 2 is 2.19 bits per heavy atom. The van der Waals surface area contributed by atoms with Gasteiger partial charge in [-0.15, -0.1) is 11.3 Å². The van der Waals surface area contributed by atoms with Gasteiger partial charge in [0.2, 0.25) is 0 Å². The van der Waals surface area contributed by atoms with E-state index in [0.717, 1.165) is 24.5 Å². The third kappa shape index (κ3) is 2.84. The number of thiophene rings is 1. The van der Waals surface area contributed by atoms with Crippen molar-refractivity contribution in [3.63, 3.8) is 0 Å². The fourth-order valence-corrected chi connectivity index (χ4v) is 3.22. The Kier molecular flexibility index (Phi) is 4.00. The fraction of sp³-hybridized carbons (Fsp3) is 0.583. The highest BCUT2D eigenvalue weighted by Crippen LogP contribution is 2.24. The van der Waals surface area contributed by atoms with Crippen molar-refractivity contribution in [2.45, 2.75) is 19.8 Å². The molecule has 1 saturated heterocycles. The van der Waals surface area contributed by atoms with Crippen LogP contribution in [-0.4, -0.2) is 30.3 Å². The molecule has 1 fully saturated rings. The summed E-state index contributed by atoms with van der Waals surface area (Å²) in [5.41, 5.74) is 0. The van der Waals surface area contributed by atoms with Gasteiger partial charge in [0.1, 0.15) is 0 Å². The molecule has 1 aromatic heterocycles. The first-order chi connectivity index (χ1) is 7.66. The Morgan fingerprint density at radius 1 is 1.50 bits per heavy atom. The molecule has 0 radical (unpaired) electrons. The second kappa shape index (κ2) is 5.30. The van der Waals surface area contributed by atoms with Gasteiger partial charge in [-0.05, 0) is 38.1 Å². The topological polar surface area (TPSA) is 20.3 Å². The van der Waals surface area contributed by atoms with Gasteiger partial charge in [0.15, 0.2) is 5.78 Å². The summed E-state index contributed by atoms with van der Waals surface area (Å²) in [4.78, 5) is 15.2. The number of hydrogen-bond donors (Lipinski definition) is 0. The Hall–Kier alpha value is -0.380. The van der Waals surface area contributed by atoms with Gasteiger partial charge in [0, 0.05) is 12.5 Å². The molecule has 88 valence electrons. The molecule has 2 nitrogen and oxygen atoms in total. The highest BCUT2D eigenvalue weighted by atomic mass is 35.5. The van der Waals surface area contributed by atoms with Gasteiger partial charge in [-0.2, -0.15) is 0 Å². The lowest BCUT2D eigenvalue weighted by molar-refractivity contribution is 0.0907. The first-order valence-electron chi connectivity index (χ1n) is 5.68. The van der Waals surface area contributed by atoms with Crippen LogP contribution < -0.4 is 0 Å². The normalized spacial score (nSPS) is 18.9. The van der Waals surface area contributed by atoms with E-state index in [0.29, 0.717) is 4.34 Å². The molecule has 16 heavy (non-hydrogen) atoms. The van der Waals surface area contributed by atoms with E-state index in [4.69, 9.17) is 11.6 Å². The molecule has 4 heteroatoms. The zero-order valence-corrected chi connectivity index (χ0v) is 11.0. The van der Waals surface area contributed by atoms with Crippen molar-refractivity contribution in [1.82, 2.24) is 4.90 Å². The van der Waals surface area contributed by atoms with Crippen LogP contribution >= 0.6 is 22.9 Å². The van der Waals surface area contributed by atoms with E-state index >= 15 is 0 Å². The summed E-state index contributed by atoms with van der Waals surface area (Å²) in [6.45, 7) is 5.17. The zero-order valence-electron chi connectivity index (χ0n) is 9.41. The molecule has 1 aromatic rings. The van der Waals surface area contributed by atoms with E-state index in [1.807, 2.05) is 13.0 Å². The molecule has 0 N–H and O–H groups in total. The van der Waals surface area contributed by atoms with Crippen molar-refractivity contribution in [2.24, 2.45) is 5.92 Å². The molecule has 0 bridgehead atoms. The van der Waals surface area contributed by atoms with Crippen molar-refractivity contribution < 1.29 is 4.79 Å². The SMILES string of the molecule is CC(CN1CCCC1)C(=O)c1ccc(Cl)s1. The zero-order chi connectivity index (χ0) is 11.5. The standard InChI is InChI=1S/C12H16ClNOS/c1-9(8-14-6-2-3-7-14)12(15)10-4-5-11(13)16-10/h4-5,9H,2-3,6-8H2,1H3. The number of hydrogen-bond acceptors (Lipinski definition) is 3.